The molecule has 2 N–H and O–H groups in total. The Labute approximate surface area is 352 Å². The summed E-state index contributed by atoms with van der Waals surface area (Å²) in [6.07, 6.45) is 50.4. The van der Waals surface area contributed by atoms with Crippen molar-refractivity contribution in [2.75, 3.05) is 40.9 Å². The third kappa shape index (κ3) is 42.4. The van der Waals surface area contributed by atoms with E-state index in [1.165, 1.54) is 128 Å². The van der Waals surface area contributed by atoms with Gasteiger partial charge in [0, 0.05) is 6.42 Å². The van der Waals surface area contributed by atoms with Crippen LogP contribution in [0.1, 0.15) is 200 Å². The van der Waals surface area contributed by atoms with Crippen LogP contribution in [0.5, 0.6) is 0 Å². The molecule has 0 aliphatic carbocycles. The largest absolute Gasteiger partial charge is 0.756 e. The molecule has 0 saturated heterocycles. The minimum absolute atomic E-state index is 0.00275. The quantitative estimate of drug-likeness (QED) is 0.0275. The second-order valence-corrected chi connectivity index (χ2v) is 18.5. The van der Waals surface area contributed by atoms with Gasteiger partial charge in [-0.3, -0.25) is 9.36 Å². The molecule has 0 aliphatic rings. The Balaban J connectivity index is 4.10. The van der Waals surface area contributed by atoms with Crippen molar-refractivity contribution in [1.29, 1.82) is 0 Å². The SMILES string of the molecule is CCCCCCC/C=C\C/C=C\C/C=C\CCCCCCCCCCCCCCC(=O)NC(COP(=O)([O-])OCC[N+](C)(C)C)C(O)/C=C/CCCCCCCC. The summed E-state index contributed by atoms with van der Waals surface area (Å²) in [5.41, 5.74) is 0. The second kappa shape index (κ2) is 39.9. The van der Waals surface area contributed by atoms with Crippen molar-refractivity contribution in [2.45, 2.75) is 212 Å². The standard InChI is InChI=1S/C48H91N2O6P/c1-6-8-10-12-14-16-17-18-19-20-21-22-23-24-25-26-27-28-29-30-31-32-33-34-36-38-40-42-48(52)49-46(45-56-57(53,54)55-44-43-50(3,4)5)47(51)41-39-37-35-15-13-11-9-7-2/h17-18,20-21,23-24,39,41,46-47,51H,6-16,19,22,25-38,40,42-45H2,1-5H3,(H-,49,52,53,54)/b18-17-,21-20-,24-23-,41-39+. The summed E-state index contributed by atoms with van der Waals surface area (Å²) < 4.78 is 23.1. The van der Waals surface area contributed by atoms with Crippen LogP contribution in [-0.4, -0.2) is 68.5 Å². The Bertz CT molecular complexity index is 1070. The molecule has 9 heteroatoms. The van der Waals surface area contributed by atoms with Crippen LogP contribution in [0.25, 0.3) is 0 Å². The van der Waals surface area contributed by atoms with Crippen molar-refractivity contribution in [3.05, 3.63) is 48.6 Å². The zero-order chi connectivity index (χ0) is 42.1. The van der Waals surface area contributed by atoms with Gasteiger partial charge in [-0.15, -0.1) is 0 Å². The molecule has 57 heavy (non-hydrogen) atoms. The fraction of sp³-hybridized carbons (Fsp3) is 0.812. The first-order valence-corrected chi connectivity index (χ1v) is 25.0. The average molecular weight is 823 g/mol. The lowest BCUT2D eigenvalue weighted by Crippen LogP contribution is -2.45. The van der Waals surface area contributed by atoms with Crippen LogP contribution in [0.15, 0.2) is 48.6 Å². The average Bonchev–Trinajstić information content (AvgIpc) is 3.16. The number of unbranched alkanes of at least 4 members (excludes halogenated alkanes) is 23. The number of phosphoric acid groups is 1. The monoisotopic (exact) mass is 823 g/mol. The van der Waals surface area contributed by atoms with Gasteiger partial charge in [0.1, 0.15) is 13.2 Å². The molecular weight excluding hydrogens is 732 g/mol. The molecule has 0 bridgehead atoms. The van der Waals surface area contributed by atoms with E-state index in [0.29, 0.717) is 17.4 Å². The maximum absolute atomic E-state index is 12.8. The molecule has 0 fully saturated rings. The molecule has 0 radical (unpaired) electrons. The van der Waals surface area contributed by atoms with Crippen molar-refractivity contribution in [3.63, 3.8) is 0 Å². The number of allylic oxidation sites excluding steroid dienone is 7. The lowest BCUT2D eigenvalue weighted by atomic mass is 10.0. The molecule has 0 spiro atoms. The lowest BCUT2D eigenvalue weighted by molar-refractivity contribution is -0.870. The van der Waals surface area contributed by atoms with Gasteiger partial charge in [-0.05, 0) is 57.8 Å². The third-order valence-electron chi connectivity index (χ3n) is 10.3. The number of hydrogen-bond donors (Lipinski definition) is 2. The highest BCUT2D eigenvalue weighted by Crippen LogP contribution is 2.38. The number of phosphoric ester groups is 1. The van der Waals surface area contributed by atoms with E-state index in [1.54, 1.807) is 6.08 Å². The van der Waals surface area contributed by atoms with E-state index in [2.05, 4.69) is 55.6 Å². The predicted octanol–water partition coefficient (Wildman–Crippen LogP) is 12.6. The number of rotatable bonds is 42. The molecule has 1 amide bonds. The molecule has 0 saturated carbocycles. The number of nitrogens with one attached hydrogen (secondary N) is 1. The van der Waals surface area contributed by atoms with Crippen molar-refractivity contribution in [3.8, 4) is 0 Å². The molecule has 3 unspecified atom stereocenters. The van der Waals surface area contributed by atoms with E-state index in [1.807, 2.05) is 27.2 Å². The Kier molecular flexibility index (Phi) is 38.8. The molecule has 0 rings (SSSR count). The van der Waals surface area contributed by atoms with Gasteiger partial charge in [-0.1, -0.05) is 184 Å². The number of aliphatic hydroxyl groups excluding tert-OH is 1. The van der Waals surface area contributed by atoms with Crippen LogP contribution in [-0.2, 0) is 18.4 Å². The Hall–Kier alpha value is -1.54. The fourth-order valence-electron chi connectivity index (χ4n) is 6.51. The first-order valence-electron chi connectivity index (χ1n) is 23.5. The summed E-state index contributed by atoms with van der Waals surface area (Å²) in [5, 5.41) is 13.7. The number of likely N-dealkylation sites (N-methyl/N-ethyl adjacent to an activating group) is 1. The van der Waals surface area contributed by atoms with E-state index in [0.717, 1.165) is 51.4 Å². The third-order valence-corrected chi connectivity index (χ3v) is 11.2. The molecule has 0 aliphatic heterocycles. The molecule has 0 heterocycles. The molecule has 0 aromatic heterocycles. The van der Waals surface area contributed by atoms with Gasteiger partial charge in [0.25, 0.3) is 7.82 Å². The summed E-state index contributed by atoms with van der Waals surface area (Å²) in [7, 11) is 1.25. The predicted molar refractivity (Wildman–Crippen MR) is 242 cm³/mol. The van der Waals surface area contributed by atoms with Gasteiger partial charge >= 0.3 is 0 Å². The van der Waals surface area contributed by atoms with E-state index < -0.39 is 20.0 Å². The number of nitrogens with zero attached hydrogens (tertiary/aromatic N) is 1. The maximum atomic E-state index is 12.8. The van der Waals surface area contributed by atoms with Crippen LogP contribution in [0, 0.1) is 0 Å². The Morgan fingerprint density at radius 2 is 1.02 bits per heavy atom. The number of aliphatic hydroxyl groups is 1. The van der Waals surface area contributed by atoms with Crippen LogP contribution in [0.3, 0.4) is 0 Å². The van der Waals surface area contributed by atoms with Gasteiger partial charge < -0.3 is 28.8 Å². The molecule has 0 aromatic rings. The normalized spacial score (nSPS) is 14.7. The van der Waals surface area contributed by atoms with Gasteiger partial charge in [-0.25, -0.2) is 0 Å². The molecule has 0 aromatic carbocycles. The summed E-state index contributed by atoms with van der Waals surface area (Å²) in [6, 6.07) is -0.885. The highest BCUT2D eigenvalue weighted by Gasteiger charge is 2.23. The number of hydrogen-bond acceptors (Lipinski definition) is 6. The van der Waals surface area contributed by atoms with Gasteiger partial charge in [0.05, 0.1) is 39.9 Å². The molecule has 334 valence electrons. The van der Waals surface area contributed by atoms with Gasteiger partial charge in [-0.2, -0.15) is 0 Å². The Morgan fingerprint density at radius 1 is 0.614 bits per heavy atom. The minimum Gasteiger partial charge on any atom is -0.756 e. The highest BCUT2D eigenvalue weighted by molar-refractivity contribution is 7.45. The zero-order valence-corrected chi connectivity index (χ0v) is 38.7. The number of carbonyl (C=O) groups excluding carboxylic acids is 1. The first kappa shape index (κ1) is 55.5. The minimum atomic E-state index is -4.58. The van der Waals surface area contributed by atoms with E-state index in [9.17, 15) is 19.4 Å². The number of carbonyl (C=O) groups is 1. The highest BCUT2D eigenvalue weighted by atomic mass is 31.2. The van der Waals surface area contributed by atoms with Crippen molar-refractivity contribution in [1.82, 2.24) is 5.32 Å². The van der Waals surface area contributed by atoms with Crippen molar-refractivity contribution in [2.24, 2.45) is 0 Å². The van der Waals surface area contributed by atoms with E-state index in [4.69, 9.17) is 9.05 Å². The van der Waals surface area contributed by atoms with Gasteiger partial charge in [0.15, 0.2) is 0 Å². The first-order chi connectivity index (χ1) is 27.5. The second-order valence-electron chi connectivity index (χ2n) is 17.1. The van der Waals surface area contributed by atoms with Crippen LogP contribution < -0.4 is 10.2 Å². The van der Waals surface area contributed by atoms with Crippen LogP contribution in [0.4, 0.5) is 0 Å². The van der Waals surface area contributed by atoms with Crippen LogP contribution in [0.2, 0.25) is 0 Å². The smallest absolute Gasteiger partial charge is 0.268 e. The van der Waals surface area contributed by atoms with Crippen molar-refractivity contribution < 1.29 is 32.9 Å². The van der Waals surface area contributed by atoms with E-state index >= 15 is 0 Å². The topological polar surface area (TPSA) is 108 Å². The number of amides is 1. The fourth-order valence-corrected chi connectivity index (χ4v) is 7.23. The number of quaternary nitrogens is 1. The van der Waals surface area contributed by atoms with Gasteiger partial charge in [0.2, 0.25) is 5.91 Å². The summed E-state index contributed by atoms with van der Waals surface area (Å²) >= 11 is 0. The Morgan fingerprint density at radius 3 is 1.47 bits per heavy atom. The molecular formula is C48H91N2O6P. The van der Waals surface area contributed by atoms with Crippen molar-refractivity contribution >= 4 is 13.7 Å². The van der Waals surface area contributed by atoms with Crippen LogP contribution >= 0.6 is 7.82 Å². The summed E-state index contributed by atoms with van der Waals surface area (Å²) in [6.45, 7) is 4.58. The summed E-state index contributed by atoms with van der Waals surface area (Å²) in [4.78, 5) is 25.2. The molecule has 3 atom stereocenters. The van der Waals surface area contributed by atoms with E-state index in [-0.39, 0.29) is 19.1 Å². The molecule has 8 nitrogen and oxygen atoms in total. The summed E-state index contributed by atoms with van der Waals surface area (Å²) in [5.74, 6) is -0.204. The lowest BCUT2D eigenvalue weighted by Gasteiger charge is -2.29. The zero-order valence-electron chi connectivity index (χ0n) is 37.8. The maximum Gasteiger partial charge on any atom is 0.268 e.